The van der Waals surface area contributed by atoms with Gasteiger partial charge in [-0.15, -0.1) is 0 Å². The second-order valence-corrected chi connectivity index (χ2v) is 19.8. The van der Waals surface area contributed by atoms with Gasteiger partial charge in [0.2, 0.25) is 0 Å². The molecule has 4 aromatic heterocycles. The van der Waals surface area contributed by atoms with Crippen LogP contribution in [0.5, 0.6) is 0 Å². The van der Waals surface area contributed by atoms with Crippen molar-refractivity contribution in [1.29, 1.82) is 10.5 Å². The highest BCUT2D eigenvalue weighted by Gasteiger charge is 2.35. The van der Waals surface area contributed by atoms with Gasteiger partial charge in [-0.25, -0.2) is 0 Å². The molecule has 0 aliphatic rings. The third kappa shape index (κ3) is 6.55. The van der Waals surface area contributed by atoms with Gasteiger partial charge in [-0.2, -0.15) is 23.7 Å². The van der Waals surface area contributed by atoms with Gasteiger partial charge in [-0.1, -0.05) is 127 Å². The number of benzene rings is 11. The molecule has 78 heavy (non-hydrogen) atoms. The van der Waals surface area contributed by atoms with Gasteiger partial charge in [0.05, 0.1) is 84.3 Å². The number of para-hydroxylation sites is 6. The third-order valence-corrected chi connectivity index (χ3v) is 15.6. The molecule has 0 aliphatic heterocycles. The summed E-state index contributed by atoms with van der Waals surface area (Å²) in [4.78, 5) is 0. The lowest BCUT2D eigenvalue weighted by atomic mass is 9.90. The van der Waals surface area contributed by atoms with Crippen molar-refractivity contribution in [2.24, 2.45) is 0 Å². The summed E-state index contributed by atoms with van der Waals surface area (Å²) in [6, 6.07) is 82.0. The maximum atomic E-state index is 15.3. The predicted molar refractivity (Wildman–Crippen MR) is 309 cm³/mol. The van der Waals surface area contributed by atoms with Gasteiger partial charge < -0.3 is 18.3 Å². The lowest BCUT2D eigenvalue weighted by Crippen LogP contribution is -2.08. The highest BCUT2D eigenvalue weighted by Crippen LogP contribution is 2.48. The second-order valence-electron chi connectivity index (χ2n) is 19.8. The summed E-state index contributed by atoms with van der Waals surface area (Å²) < 4.78 is 54.9. The molecule has 0 saturated carbocycles. The highest BCUT2D eigenvalue weighted by atomic mass is 19.4. The number of halogens is 3. The van der Waals surface area contributed by atoms with Crippen LogP contribution in [0.3, 0.4) is 0 Å². The van der Waals surface area contributed by atoms with E-state index in [-0.39, 0.29) is 16.7 Å². The van der Waals surface area contributed by atoms with Crippen molar-refractivity contribution < 1.29 is 13.2 Å². The van der Waals surface area contributed by atoms with E-state index in [1.54, 1.807) is 18.2 Å². The molecular weight excluding hydrogens is 970 g/mol. The van der Waals surface area contributed by atoms with E-state index in [9.17, 15) is 10.5 Å². The predicted octanol–water partition coefficient (Wildman–Crippen LogP) is 18.2. The Morgan fingerprint density at radius 1 is 0.321 bits per heavy atom. The first-order valence-electron chi connectivity index (χ1n) is 25.6. The van der Waals surface area contributed by atoms with Gasteiger partial charge >= 0.3 is 6.18 Å². The average molecular weight is 1010 g/mol. The largest absolute Gasteiger partial charge is 0.417 e. The zero-order chi connectivity index (χ0) is 52.4. The van der Waals surface area contributed by atoms with Crippen LogP contribution >= 0.6 is 0 Å². The molecule has 0 N–H and O–H groups in total. The van der Waals surface area contributed by atoms with Crippen molar-refractivity contribution >= 4 is 87.2 Å². The molecule has 0 saturated heterocycles. The zero-order valence-corrected chi connectivity index (χ0v) is 41.3. The second kappa shape index (κ2) is 17.0. The van der Waals surface area contributed by atoms with Crippen LogP contribution in [0.4, 0.5) is 13.2 Å². The average Bonchev–Trinajstić information content (AvgIpc) is 4.00. The molecule has 4 heterocycles. The molecule has 0 fully saturated rings. The fraction of sp³-hybridized carbons (Fsp3) is 0.0145. The van der Waals surface area contributed by atoms with E-state index in [2.05, 4.69) is 146 Å². The summed E-state index contributed by atoms with van der Waals surface area (Å²) in [7, 11) is 0. The first kappa shape index (κ1) is 44.8. The summed E-state index contributed by atoms with van der Waals surface area (Å²) >= 11 is 0. The van der Waals surface area contributed by atoms with Crippen LogP contribution < -0.4 is 0 Å². The molecule has 0 unspecified atom stereocenters. The molecule has 0 spiro atoms. The van der Waals surface area contributed by atoms with E-state index < -0.39 is 11.7 Å². The highest BCUT2D eigenvalue weighted by molar-refractivity contribution is 6.21. The number of aromatic nitrogens is 4. The lowest BCUT2D eigenvalue weighted by Gasteiger charge is -2.21. The van der Waals surface area contributed by atoms with Crippen molar-refractivity contribution in [2.45, 2.75) is 6.18 Å². The van der Waals surface area contributed by atoms with Crippen molar-refractivity contribution in [3.8, 4) is 57.1 Å². The monoisotopic (exact) mass is 1010 g/mol. The maximum absolute atomic E-state index is 15.3. The number of nitriles is 2. The summed E-state index contributed by atoms with van der Waals surface area (Å²) in [6.07, 6.45) is -4.79. The zero-order valence-electron chi connectivity index (χ0n) is 41.3. The number of hydrogen-bond acceptors (Lipinski definition) is 2. The molecule has 6 nitrogen and oxygen atoms in total. The van der Waals surface area contributed by atoms with Crippen LogP contribution in [0, 0.1) is 22.7 Å². The molecule has 15 rings (SSSR count). The fourth-order valence-corrected chi connectivity index (χ4v) is 12.4. The summed E-state index contributed by atoms with van der Waals surface area (Å²) in [6.45, 7) is 0. The van der Waals surface area contributed by atoms with E-state index in [0.29, 0.717) is 28.1 Å². The van der Waals surface area contributed by atoms with E-state index in [0.717, 1.165) is 105 Å². The van der Waals surface area contributed by atoms with Crippen LogP contribution in [-0.2, 0) is 6.18 Å². The molecule has 0 aliphatic carbocycles. The maximum Gasteiger partial charge on any atom is 0.417 e. The quantitative estimate of drug-likeness (QED) is 0.167. The minimum absolute atomic E-state index is 0.0883. The number of alkyl halides is 3. The molecule has 9 heteroatoms. The molecule has 0 amide bonds. The Balaban J connectivity index is 1.09. The summed E-state index contributed by atoms with van der Waals surface area (Å²) in [5, 5.41) is 29.6. The van der Waals surface area contributed by atoms with Gasteiger partial charge in [-0.05, 0) is 120 Å². The number of rotatable bonds is 6. The Hall–Kier alpha value is -10.6. The van der Waals surface area contributed by atoms with Gasteiger partial charge in [0.1, 0.15) is 0 Å². The molecule has 0 bridgehead atoms. The smallest absolute Gasteiger partial charge is 0.309 e. The van der Waals surface area contributed by atoms with E-state index >= 15 is 13.2 Å². The van der Waals surface area contributed by atoms with E-state index in [1.807, 2.05) is 84.9 Å². The Kier molecular flexibility index (Phi) is 9.75. The van der Waals surface area contributed by atoms with Crippen LogP contribution in [0.1, 0.15) is 16.7 Å². The van der Waals surface area contributed by atoms with Crippen molar-refractivity contribution in [3.63, 3.8) is 0 Å². The van der Waals surface area contributed by atoms with Crippen LogP contribution in [-0.4, -0.2) is 18.3 Å². The molecule has 366 valence electrons. The molecule has 11 aromatic carbocycles. The first-order valence-corrected chi connectivity index (χ1v) is 25.6. The van der Waals surface area contributed by atoms with Gasteiger partial charge in [0, 0.05) is 65.6 Å². The topological polar surface area (TPSA) is 67.3 Å². The Bertz CT molecular complexity index is 5100. The van der Waals surface area contributed by atoms with Crippen molar-refractivity contribution in [3.05, 3.63) is 253 Å². The van der Waals surface area contributed by atoms with Crippen molar-refractivity contribution in [2.75, 3.05) is 0 Å². The fourth-order valence-electron chi connectivity index (χ4n) is 12.4. The Morgan fingerprint density at radius 2 is 0.769 bits per heavy atom. The minimum atomic E-state index is -4.79. The van der Waals surface area contributed by atoms with E-state index in [1.165, 1.54) is 12.1 Å². The molecular formula is C69H39F3N6. The molecule has 0 atom stereocenters. The Morgan fingerprint density at radius 3 is 1.24 bits per heavy atom. The van der Waals surface area contributed by atoms with Crippen LogP contribution in [0.2, 0.25) is 0 Å². The summed E-state index contributed by atoms with van der Waals surface area (Å²) in [5.74, 6) is 0. The SMILES string of the molecule is N#Cc1ccc(-c2ccc(-n3c4ccccc4c4cc5c6ccccc6n(-c6ccccc6)c5cc43)c(-c3c(C#N)cccc3-n3c4ccccc4c4cc5c6ccccc6n(-c6ccccc6)c5cc43)c2)c(C(F)(F)F)c1. The van der Waals surface area contributed by atoms with E-state index in [4.69, 9.17) is 0 Å². The number of hydrogen-bond donors (Lipinski definition) is 0. The van der Waals surface area contributed by atoms with Crippen LogP contribution in [0.25, 0.3) is 132 Å². The Labute approximate surface area is 443 Å². The minimum Gasteiger partial charge on any atom is -0.309 e. The molecule has 15 aromatic rings. The van der Waals surface area contributed by atoms with Gasteiger partial charge in [-0.3, -0.25) is 0 Å². The van der Waals surface area contributed by atoms with Crippen molar-refractivity contribution in [1.82, 2.24) is 18.3 Å². The summed E-state index contributed by atoms with van der Waals surface area (Å²) in [5.41, 5.74) is 11.5. The number of nitrogens with zero attached hydrogens (tertiary/aromatic N) is 6. The third-order valence-electron chi connectivity index (χ3n) is 15.6. The number of fused-ring (bicyclic) bond motifs is 12. The first-order chi connectivity index (χ1) is 38.3. The lowest BCUT2D eigenvalue weighted by molar-refractivity contribution is -0.137. The van der Waals surface area contributed by atoms with Gasteiger partial charge in [0.25, 0.3) is 0 Å². The van der Waals surface area contributed by atoms with Gasteiger partial charge in [0.15, 0.2) is 0 Å². The normalized spacial score (nSPS) is 12.0. The van der Waals surface area contributed by atoms with Crippen LogP contribution in [0.15, 0.2) is 237 Å². The molecule has 0 radical (unpaired) electrons. The standard InChI is InChI=1S/C69H39F3N6/c70-69(71,72)57-34-42(40-73)30-32-47(57)43-31-33-62(77-60-27-13-9-23-50(60)54-36-52-48-21-7-11-25-58(48)75(64(52)38-66(54)77)45-17-3-1-4-18-45)56(35-43)68-44(41-74)16-15-29-63(68)78-61-28-14-10-24-51(61)55-37-53-49-22-8-12-26-59(49)76(65(53)39-67(55)78)46-19-5-2-6-20-46/h1-39H.